The van der Waals surface area contributed by atoms with Crippen molar-refractivity contribution in [3.8, 4) is 5.75 Å². The van der Waals surface area contributed by atoms with Crippen molar-refractivity contribution in [2.24, 2.45) is 10.9 Å². The maximum absolute atomic E-state index is 12.1. The van der Waals surface area contributed by atoms with Crippen LogP contribution in [0.1, 0.15) is 37.1 Å². The van der Waals surface area contributed by atoms with E-state index in [0.717, 1.165) is 39.8 Å². The number of nitrogens with one attached hydrogen (secondary N) is 1. The number of rotatable bonds is 7. The number of Topliss-reactive ketones (excluding diaryl/α,β-unsaturated/α-hetero) is 1. The smallest absolute Gasteiger partial charge is 0.229 e. The quantitative estimate of drug-likeness (QED) is 0.371. The van der Waals surface area contributed by atoms with Gasteiger partial charge in [0.1, 0.15) is 5.75 Å². The maximum Gasteiger partial charge on any atom is 0.229 e. The van der Waals surface area contributed by atoms with Crippen molar-refractivity contribution in [3.63, 3.8) is 0 Å². The summed E-state index contributed by atoms with van der Waals surface area (Å²) in [6, 6.07) is 5.68. The number of allylic oxidation sites excluding steroid dienone is 1. The molecule has 1 aromatic heterocycles. The number of aliphatic imine (C=N–C) groups is 1. The zero-order valence-electron chi connectivity index (χ0n) is 16.8. The van der Waals surface area contributed by atoms with E-state index in [4.69, 9.17) is 4.74 Å². The first kappa shape index (κ1) is 21.3. The van der Waals surface area contributed by atoms with E-state index < -0.39 is 0 Å². The largest absolute Gasteiger partial charge is 0.497 e. The SMILES string of the molecule is COc1ccc(N=C(C)S/C(=C\c2cnc(NC(=O)C3CC3)s2)C(C)=O)c(C)c1. The molecule has 1 fully saturated rings. The van der Waals surface area contributed by atoms with Crippen LogP contribution in [0.15, 0.2) is 34.3 Å². The number of ketones is 1. The lowest BCUT2D eigenvalue weighted by atomic mass is 10.2. The highest BCUT2D eigenvalue weighted by molar-refractivity contribution is 8.18. The van der Waals surface area contributed by atoms with Gasteiger partial charge in [-0.25, -0.2) is 9.98 Å². The number of benzene rings is 1. The Bertz CT molecular complexity index is 991. The van der Waals surface area contributed by atoms with Crippen molar-refractivity contribution < 1.29 is 14.3 Å². The fraction of sp³-hybridized carbons (Fsp3) is 0.333. The van der Waals surface area contributed by atoms with Gasteiger partial charge < -0.3 is 10.1 Å². The van der Waals surface area contributed by atoms with Crippen LogP contribution in [-0.2, 0) is 9.59 Å². The standard InChI is InChI=1S/C21H23N3O3S2/c1-12-9-16(27-4)7-8-18(12)23-14(3)28-19(13(2)25)10-17-11-22-21(29-17)24-20(26)15-5-6-15/h7-11,15H,5-6H2,1-4H3,(H,22,24,26)/b19-10-,23-14?. The fourth-order valence-corrected chi connectivity index (χ4v) is 4.16. The Kier molecular flexibility index (Phi) is 6.87. The number of carbonyl (C=O) groups is 2. The number of thioether (sulfide) groups is 1. The Balaban J connectivity index is 1.73. The zero-order chi connectivity index (χ0) is 21.0. The van der Waals surface area contributed by atoms with Gasteiger partial charge in [0, 0.05) is 12.1 Å². The molecule has 3 rings (SSSR count). The molecule has 1 aliphatic rings. The normalized spacial score (nSPS) is 14.6. The highest BCUT2D eigenvalue weighted by atomic mass is 32.2. The van der Waals surface area contributed by atoms with Crippen LogP contribution in [0.2, 0.25) is 0 Å². The summed E-state index contributed by atoms with van der Waals surface area (Å²) in [4.78, 5) is 34.2. The predicted octanol–water partition coefficient (Wildman–Crippen LogP) is 5.22. The number of methoxy groups -OCH3 is 1. The van der Waals surface area contributed by atoms with Crippen LogP contribution >= 0.6 is 23.1 Å². The van der Waals surface area contributed by atoms with Gasteiger partial charge in [0.15, 0.2) is 10.9 Å². The van der Waals surface area contributed by atoms with Crippen LogP contribution in [0.25, 0.3) is 6.08 Å². The number of ether oxygens (including phenoxy) is 1. The lowest BCUT2D eigenvalue weighted by Gasteiger charge is -2.06. The van der Waals surface area contributed by atoms with Gasteiger partial charge in [0.25, 0.3) is 0 Å². The molecule has 0 spiro atoms. The third kappa shape index (κ3) is 6.01. The zero-order valence-corrected chi connectivity index (χ0v) is 18.4. The number of aromatic nitrogens is 1. The molecular formula is C21H23N3O3S2. The van der Waals surface area contributed by atoms with Gasteiger partial charge >= 0.3 is 0 Å². The molecule has 1 amide bonds. The first-order chi connectivity index (χ1) is 13.9. The molecule has 0 radical (unpaired) electrons. The number of hydrogen-bond donors (Lipinski definition) is 1. The molecule has 1 saturated carbocycles. The molecule has 1 heterocycles. The molecular weight excluding hydrogens is 406 g/mol. The molecule has 2 aromatic rings. The van der Waals surface area contributed by atoms with Gasteiger partial charge in [-0.2, -0.15) is 0 Å². The van der Waals surface area contributed by atoms with Crippen LogP contribution in [-0.4, -0.2) is 28.8 Å². The molecule has 0 atom stereocenters. The summed E-state index contributed by atoms with van der Waals surface area (Å²) in [6.07, 6.45) is 5.34. The first-order valence-electron chi connectivity index (χ1n) is 9.23. The van der Waals surface area contributed by atoms with Gasteiger partial charge in [-0.15, -0.1) is 0 Å². The Labute approximate surface area is 178 Å². The van der Waals surface area contributed by atoms with Gasteiger partial charge in [-0.05, 0) is 63.5 Å². The molecule has 152 valence electrons. The van der Waals surface area contributed by atoms with Crippen LogP contribution < -0.4 is 10.1 Å². The minimum absolute atomic E-state index is 0.0221. The third-order valence-electron chi connectivity index (χ3n) is 4.26. The van der Waals surface area contributed by atoms with E-state index in [1.807, 2.05) is 32.0 Å². The maximum atomic E-state index is 12.1. The lowest BCUT2D eigenvalue weighted by Crippen LogP contribution is -2.12. The molecule has 8 heteroatoms. The van der Waals surface area contributed by atoms with Crippen molar-refractivity contribution in [1.29, 1.82) is 0 Å². The van der Waals surface area contributed by atoms with E-state index in [9.17, 15) is 9.59 Å². The summed E-state index contributed by atoms with van der Waals surface area (Å²) in [5.41, 5.74) is 1.83. The molecule has 29 heavy (non-hydrogen) atoms. The fourth-order valence-electron chi connectivity index (χ4n) is 2.53. The monoisotopic (exact) mass is 429 g/mol. The lowest BCUT2D eigenvalue weighted by molar-refractivity contribution is -0.117. The summed E-state index contributed by atoms with van der Waals surface area (Å²) in [7, 11) is 1.63. The van der Waals surface area contributed by atoms with Crippen LogP contribution in [0.3, 0.4) is 0 Å². The summed E-state index contributed by atoms with van der Waals surface area (Å²) in [5.74, 6) is 0.884. The summed E-state index contributed by atoms with van der Waals surface area (Å²) >= 11 is 2.67. The first-order valence-corrected chi connectivity index (χ1v) is 10.9. The molecule has 1 aliphatic carbocycles. The van der Waals surface area contributed by atoms with E-state index in [2.05, 4.69) is 15.3 Å². The average Bonchev–Trinajstić information content (AvgIpc) is 3.44. The van der Waals surface area contributed by atoms with Gasteiger partial charge in [0.05, 0.1) is 27.6 Å². The second-order valence-electron chi connectivity index (χ2n) is 6.78. The molecule has 1 aromatic carbocycles. The van der Waals surface area contributed by atoms with Crippen molar-refractivity contribution in [1.82, 2.24) is 4.98 Å². The Morgan fingerprint density at radius 3 is 2.72 bits per heavy atom. The molecule has 0 saturated heterocycles. The van der Waals surface area contributed by atoms with Crippen LogP contribution in [0.4, 0.5) is 10.8 Å². The number of hydrogen-bond acceptors (Lipinski definition) is 7. The van der Waals surface area contributed by atoms with E-state index in [-0.39, 0.29) is 17.6 Å². The Morgan fingerprint density at radius 2 is 2.10 bits per heavy atom. The summed E-state index contributed by atoms with van der Waals surface area (Å²) < 4.78 is 5.22. The highest BCUT2D eigenvalue weighted by Crippen LogP contribution is 2.32. The predicted molar refractivity (Wildman–Crippen MR) is 120 cm³/mol. The number of thiazole rings is 1. The average molecular weight is 430 g/mol. The minimum Gasteiger partial charge on any atom is -0.497 e. The van der Waals surface area contributed by atoms with Crippen LogP contribution in [0, 0.1) is 12.8 Å². The highest BCUT2D eigenvalue weighted by Gasteiger charge is 2.30. The van der Waals surface area contributed by atoms with E-state index >= 15 is 0 Å². The van der Waals surface area contributed by atoms with Crippen molar-refractivity contribution in [2.75, 3.05) is 12.4 Å². The second-order valence-corrected chi connectivity index (χ2v) is 9.08. The molecule has 0 unspecified atom stereocenters. The number of aryl methyl sites for hydroxylation is 1. The third-order valence-corrected chi connectivity index (χ3v) is 6.13. The van der Waals surface area contributed by atoms with Gasteiger partial charge in [-0.3, -0.25) is 9.59 Å². The number of nitrogens with zero attached hydrogens (tertiary/aromatic N) is 2. The van der Waals surface area contributed by atoms with Crippen molar-refractivity contribution in [3.05, 3.63) is 39.7 Å². The molecule has 1 N–H and O–H groups in total. The minimum atomic E-state index is -0.0482. The Hall–Kier alpha value is -2.45. The molecule has 0 bridgehead atoms. The summed E-state index contributed by atoms with van der Waals surface area (Å²) in [6.45, 7) is 5.37. The second kappa shape index (κ2) is 9.37. The summed E-state index contributed by atoms with van der Waals surface area (Å²) in [5, 5.41) is 4.14. The van der Waals surface area contributed by atoms with Gasteiger partial charge in [-0.1, -0.05) is 23.1 Å². The molecule has 0 aliphatic heterocycles. The molecule has 6 nitrogen and oxygen atoms in total. The number of amides is 1. The van der Waals surface area contributed by atoms with Crippen molar-refractivity contribution >= 4 is 56.7 Å². The Morgan fingerprint density at radius 1 is 1.34 bits per heavy atom. The van der Waals surface area contributed by atoms with E-state index in [1.165, 1.54) is 30.0 Å². The number of carbonyl (C=O) groups excluding carboxylic acids is 2. The van der Waals surface area contributed by atoms with Gasteiger partial charge in [0.2, 0.25) is 5.91 Å². The van der Waals surface area contributed by atoms with E-state index in [0.29, 0.717) is 10.0 Å². The topological polar surface area (TPSA) is 80.7 Å². The van der Waals surface area contributed by atoms with Crippen LogP contribution in [0.5, 0.6) is 5.75 Å². The van der Waals surface area contributed by atoms with Crippen molar-refractivity contribution in [2.45, 2.75) is 33.6 Å². The van der Waals surface area contributed by atoms with E-state index in [1.54, 1.807) is 19.4 Å². The number of anilines is 1.